The first-order valence-electron chi connectivity index (χ1n) is 9.21. The van der Waals surface area contributed by atoms with Crippen molar-refractivity contribution in [1.29, 1.82) is 0 Å². The molecule has 0 bridgehead atoms. The summed E-state index contributed by atoms with van der Waals surface area (Å²) in [4.78, 5) is 29.9. The quantitative estimate of drug-likeness (QED) is 0.869. The summed E-state index contributed by atoms with van der Waals surface area (Å²) >= 11 is 6.15. The number of piperazine rings is 1. The van der Waals surface area contributed by atoms with Crippen LogP contribution >= 0.6 is 11.6 Å². The van der Waals surface area contributed by atoms with E-state index in [-0.39, 0.29) is 18.5 Å². The zero-order valence-corrected chi connectivity index (χ0v) is 15.9. The summed E-state index contributed by atoms with van der Waals surface area (Å²) in [6.07, 6.45) is 2.64. The van der Waals surface area contributed by atoms with Crippen LogP contribution in [0.1, 0.15) is 24.8 Å². The van der Waals surface area contributed by atoms with E-state index in [9.17, 15) is 9.59 Å². The van der Waals surface area contributed by atoms with Crippen LogP contribution in [0, 0.1) is 6.92 Å². The SMILES string of the molecule is Cc1ccc(Cl)cc1N1CCN(C2CCCCN(CC(=O)O)C2=O)CC1. The molecule has 3 rings (SSSR count). The molecule has 1 amide bonds. The van der Waals surface area contributed by atoms with Gasteiger partial charge in [-0.3, -0.25) is 14.5 Å². The van der Waals surface area contributed by atoms with Crippen LogP contribution in [-0.4, -0.2) is 72.1 Å². The number of aryl methyl sites for hydroxylation is 1. The third kappa shape index (κ3) is 4.30. The Morgan fingerprint density at radius 2 is 1.92 bits per heavy atom. The number of benzene rings is 1. The lowest BCUT2D eigenvalue weighted by atomic mass is 10.1. The van der Waals surface area contributed by atoms with Crippen molar-refractivity contribution in [1.82, 2.24) is 9.80 Å². The van der Waals surface area contributed by atoms with E-state index in [0.717, 1.165) is 56.2 Å². The Balaban J connectivity index is 1.65. The lowest BCUT2D eigenvalue weighted by Crippen LogP contribution is -2.55. The summed E-state index contributed by atoms with van der Waals surface area (Å²) in [6, 6.07) is 5.73. The standard InChI is InChI=1S/C19H26ClN3O3/c1-14-5-6-15(20)12-17(14)22-10-8-21(9-11-22)16-4-2-3-7-23(19(16)26)13-18(24)25/h5-6,12,16H,2-4,7-11,13H2,1H3,(H,24,25). The molecule has 0 saturated carbocycles. The fourth-order valence-electron chi connectivity index (χ4n) is 3.94. The number of carboxylic acid groups (broad SMARTS) is 1. The molecule has 0 aliphatic carbocycles. The second-order valence-corrected chi connectivity index (χ2v) is 7.56. The molecule has 7 heteroatoms. The molecular formula is C19H26ClN3O3. The predicted octanol–water partition coefficient (Wildman–Crippen LogP) is 2.24. The fourth-order valence-corrected chi connectivity index (χ4v) is 4.11. The molecule has 0 aromatic heterocycles. The van der Waals surface area contributed by atoms with Crippen molar-refractivity contribution in [3.8, 4) is 0 Å². The summed E-state index contributed by atoms with van der Waals surface area (Å²) in [6.45, 7) is 5.69. The predicted molar refractivity (Wildman–Crippen MR) is 102 cm³/mol. The van der Waals surface area contributed by atoms with Gasteiger partial charge in [0.15, 0.2) is 0 Å². The van der Waals surface area contributed by atoms with Crippen LogP contribution in [0.4, 0.5) is 5.69 Å². The topological polar surface area (TPSA) is 64.1 Å². The number of amides is 1. The number of hydrogen-bond acceptors (Lipinski definition) is 4. The summed E-state index contributed by atoms with van der Waals surface area (Å²) in [5, 5.41) is 9.79. The van der Waals surface area contributed by atoms with Gasteiger partial charge < -0.3 is 14.9 Å². The Kier molecular flexibility index (Phi) is 6.04. The van der Waals surface area contributed by atoms with Gasteiger partial charge in [0.25, 0.3) is 0 Å². The van der Waals surface area contributed by atoms with Gasteiger partial charge in [0, 0.05) is 43.4 Å². The largest absolute Gasteiger partial charge is 0.480 e. The van der Waals surface area contributed by atoms with Crippen molar-refractivity contribution >= 4 is 29.2 Å². The van der Waals surface area contributed by atoms with Gasteiger partial charge in [0.05, 0.1) is 6.04 Å². The van der Waals surface area contributed by atoms with Crippen molar-refractivity contribution in [2.45, 2.75) is 32.2 Å². The highest BCUT2D eigenvalue weighted by Gasteiger charge is 2.34. The van der Waals surface area contributed by atoms with Crippen LogP contribution in [0.5, 0.6) is 0 Å². The van der Waals surface area contributed by atoms with Crippen LogP contribution in [0.25, 0.3) is 0 Å². The highest BCUT2D eigenvalue weighted by molar-refractivity contribution is 6.30. The zero-order valence-electron chi connectivity index (χ0n) is 15.2. The van der Waals surface area contributed by atoms with E-state index in [4.69, 9.17) is 16.7 Å². The smallest absolute Gasteiger partial charge is 0.323 e. The highest BCUT2D eigenvalue weighted by atomic mass is 35.5. The van der Waals surface area contributed by atoms with Crippen LogP contribution < -0.4 is 4.90 Å². The Bertz CT molecular complexity index is 674. The average Bonchev–Trinajstić information content (AvgIpc) is 2.79. The van der Waals surface area contributed by atoms with Crippen molar-refractivity contribution in [2.75, 3.05) is 44.2 Å². The molecule has 2 aliphatic rings. The number of hydrogen-bond donors (Lipinski definition) is 1. The summed E-state index contributed by atoms with van der Waals surface area (Å²) in [7, 11) is 0. The van der Waals surface area contributed by atoms with Gasteiger partial charge >= 0.3 is 5.97 Å². The van der Waals surface area contributed by atoms with Crippen LogP contribution in [0.3, 0.4) is 0 Å². The number of nitrogens with zero attached hydrogens (tertiary/aromatic N) is 3. The minimum absolute atomic E-state index is 0.0303. The van der Waals surface area contributed by atoms with Crippen molar-refractivity contribution in [3.05, 3.63) is 28.8 Å². The van der Waals surface area contributed by atoms with Gasteiger partial charge in [-0.25, -0.2) is 0 Å². The monoisotopic (exact) mass is 379 g/mol. The van der Waals surface area contributed by atoms with Crippen LogP contribution in [0.15, 0.2) is 18.2 Å². The second kappa shape index (κ2) is 8.27. The maximum Gasteiger partial charge on any atom is 0.323 e. The van der Waals surface area contributed by atoms with E-state index >= 15 is 0 Å². The lowest BCUT2D eigenvalue weighted by Gasteiger charge is -2.40. The maximum absolute atomic E-state index is 12.8. The molecule has 2 fully saturated rings. The van der Waals surface area contributed by atoms with Gasteiger partial charge in [0.1, 0.15) is 6.54 Å². The van der Waals surface area contributed by atoms with E-state index in [2.05, 4.69) is 16.7 Å². The summed E-state index contributed by atoms with van der Waals surface area (Å²) < 4.78 is 0. The van der Waals surface area contributed by atoms with E-state index in [0.29, 0.717) is 6.54 Å². The zero-order chi connectivity index (χ0) is 18.7. The average molecular weight is 380 g/mol. The van der Waals surface area contributed by atoms with Gasteiger partial charge in [-0.2, -0.15) is 0 Å². The molecule has 0 spiro atoms. The van der Waals surface area contributed by atoms with Crippen molar-refractivity contribution in [2.24, 2.45) is 0 Å². The Labute approximate surface area is 159 Å². The highest BCUT2D eigenvalue weighted by Crippen LogP contribution is 2.26. The van der Waals surface area contributed by atoms with E-state index in [1.54, 1.807) is 0 Å². The molecule has 1 aromatic rings. The van der Waals surface area contributed by atoms with Gasteiger partial charge in [-0.15, -0.1) is 0 Å². The molecule has 0 radical (unpaired) electrons. The fraction of sp³-hybridized carbons (Fsp3) is 0.579. The number of carbonyl (C=O) groups excluding carboxylic acids is 1. The molecular weight excluding hydrogens is 354 g/mol. The molecule has 2 heterocycles. The molecule has 2 aliphatic heterocycles. The normalized spacial score (nSPS) is 22.4. The molecule has 2 saturated heterocycles. The number of carboxylic acids is 1. The Morgan fingerprint density at radius 1 is 1.19 bits per heavy atom. The molecule has 1 aromatic carbocycles. The van der Waals surface area contributed by atoms with E-state index in [1.807, 2.05) is 18.2 Å². The first kappa shape index (κ1) is 19.0. The number of likely N-dealkylation sites (tertiary alicyclic amines) is 1. The first-order chi connectivity index (χ1) is 12.5. The molecule has 6 nitrogen and oxygen atoms in total. The van der Waals surface area contributed by atoms with Gasteiger partial charge in [-0.1, -0.05) is 17.7 Å². The molecule has 1 N–H and O–H groups in total. The number of aliphatic carboxylic acids is 1. The van der Waals surface area contributed by atoms with Crippen molar-refractivity contribution in [3.63, 3.8) is 0 Å². The van der Waals surface area contributed by atoms with Crippen LogP contribution in [-0.2, 0) is 9.59 Å². The number of rotatable bonds is 4. The first-order valence-corrected chi connectivity index (χ1v) is 9.59. The van der Waals surface area contributed by atoms with Gasteiger partial charge in [0.2, 0.25) is 5.91 Å². The lowest BCUT2D eigenvalue weighted by molar-refractivity contribution is -0.146. The van der Waals surface area contributed by atoms with E-state index in [1.165, 1.54) is 10.5 Å². The molecule has 1 atom stereocenters. The Morgan fingerprint density at radius 3 is 2.62 bits per heavy atom. The third-order valence-electron chi connectivity index (χ3n) is 5.35. The van der Waals surface area contributed by atoms with Gasteiger partial charge in [-0.05, 0) is 43.9 Å². The summed E-state index contributed by atoms with van der Waals surface area (Å²) in [5.74, 6) is -0.975. The van der Waals surface area contributed by atoms with E-state index < -0.39 is 5.97 Å². The van der Waals surface area contributed by atoms with Crippen LogP contribution in [0.2, 0.25) is 5.02 Å². The molecule has 1 unspecified atom stereocenters. The third-order valence-corrected chi connectivity index (χ3v) is 5.58. The maximum atomic E-state index is 12.8. The number of anilines is 1. The Hall–Kier alpha value is -1.79. The minimum Gasteiger partial charge on any atom is -0.480 e. The molecule has 142 valence electrons. The number of halogens is 1. The summed E-state index contributed by atoms with van der Waals surface area (Å²) in [5.41, 5.74) is 2.35. The minimum atomic E-state index is -0.944. The number of carbonyl (C=O) groups is 2. The van der Waals surface area contributed by atoms with Crippen molar-refractivity contribution < 1.29 is 14.7 Å². The molecule has 26 heavy (non-hydrogen) atoms. The second-order valence-electron chi connectivity index (χ2n) is 7.12.